The fourth-order valence-electron chi connectivity index (χ4n) is 1.22. The van der Waals surface area contributed by atoms with E-state index in [0.717, 1.165) is 6.54 Å². The van der Waals surface area contributed by atoms with Crippen LogP contribution in [0.3, 0.4) is 0 Å². The van der Waals surface area contributed by atoms with E-state index >= 15 is 0 Å². The van der Waals surface area contributed by atoms with Gasteiger partial charge in [-0.2, -0.15) is 5.10 Å². The van der Waals surface area contributed by atoms with Crippen LogP contribution in [-0.4, -0.2) is 29.4 Å². The third-order valence-electron chi connectivity index (χ3n) is 2.06. The molecule has 1 aromatic heterocycles. The van der Waals surface area contributed by atoms with Crippen LogP contribution in [0.1, 0.15) is 18.5 Å². The molecular formula is C9H15N3O2. The van der Waals surface area contributed by atoms with Crippen molar-refractivity contribution < 1.29 is 9.53 Å². The lowest BCUT2D eigenvalue weighted by atomic mass is 10.1. The molecule has 0 saturated heterocycles. The summed E-state index contributed by atoms with van der Waals surface area (Å²) < 4.78 is 6.38. The highest BCUT2D eigenvalue weighted by atomic mass is 16.5. The van der Waals surface area contributed by atoms with Crippen molar-refractivity contribution in [2.24, 2.45) is 5.73 Å². The van der Waals surface area contributed by atoms with Crippen molar-refractivity contribution >= 4 is 5.97 Å². The van der Waals surface area contributed by atoms with Crippen LogP contribution in [0.25, 0.3) is 0 Å². The van der Waals surface area contributed by atoms with E-state index < -0.39 is 5.92 Å². The van der Waals surface area contributed by atoms with E-state index in [1.54, 1.807) is 10.7 Å². The van der Waals surface area contributed by atoms with E-state index in [2.05, 4.69) is 9.84 Å². The molecule has 5 heteroatoms. The molecule has 0 fully saturated rings. The first-order valence-electron chi connectivity index (χ1n) is 4.54. The van der Waals surface area contributed by atoms with Crippen LogP contribution in [0.4, 0.5) is 0 Å². The fourth-order valence-corrected chi connectivity index (χ4v) is 1.22. The highest BCUT2D eigenvalue weighted by Gasteiger charge is 2.21. The summed E-state index contributed by atoms with van der Waals surface area (Å²) in [6.45, 7) is 2.97. The molecule has 0 radical (unpaired) electrons. The minimum absolute atomic E-state index is 0.216. The smallest absolute Gasteiger partial charge is 0.316 e. The summed E-state index contributed by atoms with van der Waals surface area (Å²) in [6, 6.07) is 1.79. The average Bonchev–Trinajstić information content (AvgIpc) is 2.67. The van der Waals surface area contributed by atoms with Gasteiger partial charge in [0.15, 0.2) is 0 Å². The number of aryl methyl sites for hydroxylation is 1. The fraction of sp³-hybridized carbons (Fsp3) is 0.556. The van der Waals surface area contributed by atoms with Gasteiger partial charge in [0.2, 0.25) is 0 Å². The summed E-state index contributed by atoms with van der Waals surface area (Å²) >= 11 is 0. The van der Waals surface area contributed by atoms with Gasteiger partial charge in [-0.1, -0.05) is 0 Å². The van der Waals surface area contributed by atoms with Crippen molar-refractivity contribution in [1.29, 1.82) is 0 Å². The first-order chi connectivity index (χ1) is 6.72. The summed E-state index contributed by atoms with van der Waals surface area (Å²) in [5.74, 6) is -0.790. The number of carbonyl (C=O) groups excluding carboxylic acids is 1. The quantitative estimate of drug-likeness (QED) is 0.696. The van der Waals surface area contributed by atoms with Gasteiger partial charge in [0.05, 0.1) is 12.8 Å². The zero-order chi connectivity index (χ0) is 10.6. The molecule has 1 heterocycles. The number of esters is 1. The second-order valence-corrected chi connectivity index (χ2v) is 2.91. The minimum Gasteiger partial charge on any atom is -0.468 e. The van der Waals surface area contributed by atoms with E-state index in [1.165, 1.54) is 7.11 Å². The number of hydrogen-bond donors (Lipinski definition) is 1. The van der Waals surface area contributed by atoms with E-state index in [-0.39, 0.29) is 12.5 Å². The number of carbonyl (C=O) groups is 1. The number of hydrogen-bond acceptors (Lipinski definition) is 4. The zero-order valence-corrected chi connectivity index (χ0v) is 8.43. The molecule has 5 nitrogen and oxygen atoms in total. The van der Waals surface area contributed by atoms with E-state index in [9.17, 15) is 4.79 Å². The summed E-state index contributed by atoms with van der Waals surface area (Å²) in [7, 11) is 1.35. The number of methoxy groups -OCH3 is 1. The Morgan fingerprint density at radius 2 is 2.50 bits per heavy atom. The highest BCUT2D eigenvalue weighted by Crippen LogP contribution is 2.13. The molecule has 2 N–H and O–H groups in total. The molecule has 0 aliphatic carbocycles. The molecule has 0 aromatic carbocycles. The van der Waals surface area contributed by atoms with Crippen molar-refractivity contribution in [3.63, 3.8) is 0 Å². The maximum atomic E-state index is 11.3. The van der Waals surface area contributed by atoms with Crippen LogP contribution in [0.15, 0.2) is 12.3 Å². The molecule has 14 heavy (non-hydrogen) atoms. The average molecular weight is 197 g/mol. The lowest BCUT2D eigenvalue weighted by Crippen LogP contribution is -2.23. The number of ether oxygens (including phenoxy) is 1. The van der Waals surface area contributed by atoms with Gasteiger partial charge in [0.1, 0.15) is 5.92 Å². The molecule has 0 aliphatic rings. The van der Waals surface area contributed by atoms with Gasteiger partial charge in [-0.15, -0.1) is 0 Å². The first kappa shape index (κ1) is 10.7. The number of aromatic nitrogens is 2. The Labute approximate surface area is 82.8 Å². The predicted octanol–water partition coefficient (Wildman–Crippen LogP) is 0.118. The molecular weight excluding hydrogens is 182 g/mol. The van der Waals surface area contributed by atoms with Gasteiger partial charge < -0.3 is 10.5 Å². The third kappa shape index (κ3) is 2.11. The van der Waals surface area contributed by atoms with Crippen molar-refractivity contribution in [3.05, 3.63) is 18.0 Å². The van der Waals surface area contributed by atoms with Crippen LogP contribution in [0.2, 0.25) is 0 Å². The summed E-state index contributed by atoms with van der Waals surface area (Å²) in [4.78, 5) is 11.3. The minimum atomic E-state index is -0.451. The van der Waals surface area contributed by atoms with Crippen molar-refractivity contribution in [2.45, 2.75) is 19.4 Å². The molecule has 78 valence electrons. The van der Waals surface area contributed by atoms with Crippen molar-refractivity contribution in [1.82, 2.24) is 9.78 Å². The number of rotatable bonds is 4. The van der Waals surface area contributed by atoms with Gasteiger partial charge in [0, 0.05) is 19.3 Å². The standard InChI is InChI=1S/C9H15N3O2/c1-3-12-5-4-8(11-12)7(6-10)9(13)14-2/h4-5,7H,3,6,10H2,1-2H3. The van der Waals surface area contributed by atoms with Crippen LogP contribution >= 0.6 is 0 Å². The van der Waals surface area contributed by atoms with Gasteiger partial charge in [-0.05, 0) is 13.0 Å². The van der Waals surface area contributed by atoms with Crippen LogP contribution in [0.5, 0.6) is 0 Å². The molecule has 1 atom stereocenters. The molecule has 0 saturated carbocycles. The lowest BCUT2D eigenvalue weighted by Gasteiger charge is -2.08. The number of nitrogens with zero attached hydrogens (tertiary/aromatic N) is 2. The number of nitrogens with two attached hydrogens (primary N) is 1. The Morgan fingerprint density at radius 3 is 2.93 bits per heavy atom. The second-order valence-electron chi connectivity index (χ2n) is 2.91. The van der Waals surface area contributed by atoms with Gasteiger partial charge in [-0.25, -0.2) is 0 Å². The third-order valence-corrected chi connectivity index (χ3v) is 2.06. The molecule has 1 rings (SSSR count). The van der Waals surface area contributed by atoms with E-state index in [1.807, 2.05) is 13.1 Å². The van der Waals surface area contributed by atoms with Gasteiger partial charge >= 0.3 is 5.97 Å². The Morgan fingerprint density at radius 1 is 1.79 bits per heavy atom. The maximum absolute atomic E-state index is 11.3. The molecule has 0 bridgehead atoms. The first-order valence-corrected chi connectivity index (χ1v) is 4.54. The Bertz CT molecular complexity index is 309. The van der Waals surface area contributed by atoms with Crippen LogP contribution in [-0.2, 0) is 16.1 Å². The molecule has 0 amide bonds. The second kappa shape index (κ2) is 4.76. The van der Waals surface area contributed by atoms with Crippen molar-refractivity contribution in [3.8, 4) is 0 Å². The predicted molar refractivity (Wildman–Crippen MR) is 51.7 cm³/mol. The lowest BCUT2D eigenvalue weighted by molar-refractivity contribution is -0.142. The van der Waals surface area contributed by atoms with Gasteiger partial charge in [0.25, 0.3) is 0 Å². The summed E-state index contributed by atoms with van der Waals surface area (Å²) in [5, 5.41) is 4.20. The topological polar surface area (TPSA) is 70.1 Å². The summed E-state index contributed by atoms with van der Waals surface area (Å²) in [5.41, 5.74) is 6.15. The zero-order valence-electron chi connectivity index (χ0n) is 8.43. The molecule has 0 spiro atoms. The van der Waals surface area contributed by atoms with Crippen LogP contribution < -0.4 is 5.73 Å². The Hall–Kier alpha value is -1.36. The maximum Gasteiger partial charge on any atom is 0.316 e. The SMILES string of the molecule is CCn1ccc(C(CN)C(=O)OC)n1. The molecule has 1 aromatic rings. The largest absolute Gasteiger partial charge is 0.468 e. The van der Waals surface area contributed by atoms with Crippen molar-refractivity contribution in [2.75, 3.05) is 13.7 Å². The van der Waals surface area contributed by atoms with E-state index in [4.69, 9.17) is 5.73 Å². The summed E-state index contributed by atoms with van der Waals surface area (Å²) in [6.07, 6.45) is 1.82. The normalized spacial score (nSPS) is 12.5. The van der Waals surface area contributed by atoms with Crippen LogP contribution in [0, 0.1) is 0 Å². The Kier molecular flexibility index (Phi) is 3.64. The highest BCUT2D eigenvalue weighted by molar-refractivity contribution is 5.77. The van der Waals surface area contributed by atoms with Gasteiger partial charge in [-0.3, -0.25) is 9.48 Å². The Balaban J connectivity index is 2.83. The molecule has 1 unspecified atom stereocenters. The van der Waals surface area contributed by atoms with E-state index in [0.29, 0.717) is 5.69 Å². The molecule has 0 aliphatic heterocycles. The monoisotopic (exact) mass is 197 g/mol.